The van der Waals surface area contributed by atoms with Crippen molar-refractivity contribution < 1.29 is 9.59 Å². The van der Waals surface area contributed by atoms with E-state index < -0.39 is 0 Å². The molecule has 0 saturated carbocycles. The molecule has 2 fully saturated rings. The molecule has 2 saturated heterocycles. The third-order valence-electron chi connectivity index (χ3n) is 5.35. The molecule has 0 atom stereocenters. The first-order valence-corrected chi connectivity index (χ1v) is 10.5. The zero-order valence-corrected chi connectivity index (χ0v) is 17.1. The lowest BCUT2D eigenvalue weighted by Crippen LogP contribution is -2.27. The van der Waals surface area contributed by atoms with E-state index >= 15 is 0 Å². The molecule has 4 nitrogen and oxygen atoms in total. The summed E-state index contributed by atoms with van der Waals surface area (Å²) >= 11 is 1.03. The Morgan fingerprint density at radius 3 is 2.39 bits per heavy atom. The SMILES string of the molecule is Cc1ccc(CN2C(=O)S/C(=C\c3ccc(N4CCCC4)cc3C)C2=O)cc1. The molecule has 4 rings (SSSR count). The van der Waals surface area contributed by atoms with E-state index in [4.69, 9.17) is 0 Å². The zero-order valence-electron chi connectivity index (χ0n) is 16.3. The number of thioether (sulfide) groups is 1. The van der Waals surface area contributed by atoms with Crippen molar-refractivity contribution in [2.24, 2.45) is 0 Å². The molecule has 0 unspecified atom stereocenters. The van der Waals surface area contributed by atoms with Crippen LogP contribution < -0.4 is 4.90 Å². The van der Waals surface area contributed by atoms with Crippen LogP contribution in [0.3, 0.4) is 0 Å². The molecular formula is C23H24N2O2S. The number of nitrogens with zero attached hydrogens (tertiary/aromatic N) is 2. The smallest absolute Gasteiger partial charge is 0.293 e. The van der Waals surface area contributed by atoms with Gasteiger partial charge in [0, 0.05) is 18.8 Å². The van der Waals surface area contributed by atoms with Gasteiger partial charge in [0.15, 0.2) is 0 Å². The van der Waals surface area contributed by atoms with Gasteiger partial charge in [0.05, 0.1) is 11.4 Å². The summed E-state index contributed by atoms with van der Waals surface area (Å²) in [6.45, 7) is 6.61. The van der Waals surface area contributed by atoms with Crippen molar-refractivity contribution in [1.29, 1.82) is 0 Å². The Kier molecular flexibility index (Phi) is 5.27. The topological polar surface area (TPSA) is 40.6 Å². The molecule has 0 aliphatic carbocycles. The normalized spacial score (nSPS) is 18.6. The summed E-state index contributed by atoms with van der Waals surface area (Å²) in [6.07, 6.45) is 4.34. The van der Waals surface area contributed by atoms with E-state index in [0.717, 1.165) is 47.1 Å². The zero-order chi connectivity index (χ0) is 19.7. The van der Waals surface area contributed by atoms with Crippen LogP contribution in [0, 0.1) is 13.8 Å². The number of aryl methyl sites for hydroxylation is 2. The van der Waals surface area contributed by atoms with Gasteiger partial charge >= 0.3 is 0 Å². The fourth-order valence-corrected chi connectivity index (χ4v) is 4.48. The van der Waals surface area contributed by atoms with Crippen LogP contribution in [0.15, 0.2) is 47.4 Å². The van der Waals surface area contributed by atoms with Gasteiger partial charge in [-0.05, 0) is 73.4 Å². The predicted molar refractivity (Wildman–Crippen MR) is 115 cm³/mol. The fourth-order valence-electron chi connectivity index (χ4n) is 3.65. The number of carbonyl (C=O) groups excluding carboxylic acids is 2. The van der Waals surface area contributed by atoms with Gasteiger partial charge in [0.2, 0.25) is 0 Å². The third-order valence-corrected chi connectivity index (χ3v) is 6.25. The number of hydrogen-bond donors (Lipinski definition) is 0. The molecule has 0 aromatic heterocycles. The van der Waals surface area contributed by atoms with Crippen LogP contribution in [0.2, 0.25) is 0 Å². The molecule has 2 aromatic carbocycles. The molecular weight excluding hydrogens is 368 g/mol. The molecule has 2 amide bonds. The standard InChI is InChI=1S/C23H24N2O2S/c1-16-5-7-18(8-6-16)15-25-22(26)21(28-23(25)27)14-19-9-10-20(13-17(19)2)24-11-3-4-12-24/h5-10,13-14H,3-4,11-12,15H2,1-2H3/b21-14-. The van der Waals surface area contributed by atoms with Gasteiger partial charge in [0.1, 0.15) is 0 Å². The average Bonchev–Trinajstić information content (AvgIpc) is 3.30. The fraction of sp³-hybridized carbons (Fsp3) is 0.304. The highest BCUT2D eigenvalue weighted by Gasteiger charge is 2.35. The van der Waals surface area contributed by atoms with E-state index in [1.807, 2.05) is 37.3 Å². The summed E-state index contributed by atoms with van der Waals surface area (Å²) in [5.41, 5.74) is 5.46. The minimum atomic E-state index is -0.210. The van der Waals surface area contributed by atoms with Gasteiger partial charge in [-0.3, -0.25) is 14.5 Å². The van der Waals surface area contributed by atoms with Crippen LogP contribution in [-0.2, 0) is 11.3 Å². The Balaban J connectivity index is 1.52. The van der Waals surface area contributed by atoms with Crippen LogP contribution in [-0.4, -0.2) is 29.1 Å². The summed E-state index contributed by atoms with van der Waals surface area (Å²) in [7, 11) is 0. The second-order valence-electron chi connectivity index (χ2n) is 7.49. The molecule has 0 spiro atoms. The average molecular weight is 393 g/mol. The Bertz CT molecular complexity index is 944. The summed E-state index contributed by atoms with van der Waals surface area (Å²) in [5, 5.41) is -0.205. The predicted octanol–water partition coefficient (Wildman–Crippen LogP) is 5.14. The maximum Gasteiger partial charge on any atom is 0.293 e. The quantitative estimate of drug-likeness (QED) is 0.676. The Morgan fingerprint density at radius 2 is 1.71 bits per heavy atom. The van der Waals surface area contributed by atoms with E-state index in [1.165, 1.54) is 23.4 Å². The van der Waals surface area contributed by atoms with E-state index in [1.54, 1.807) is 0 Å². The maximum absolute atomic E-state index is 12.8. The second-order valence-corrected chi connectivity index (χ2v) is 8.48. The van der Waals surface area contributed by atoms with Gasteiger partial charge in [-0.15, -0.1) is 0 Å². The first-order valence-electron chi connectivity index (χ1n) is 9.68. The van der Waals surface area contributed by atoms with Gasteiger partial charge in [-0.1, -0.05) is 35.9 Å². The van der Waals surface area contributed by atoms with Crippen molar-refractivity contribution in [2.75, 3.05) is 18.0 Å². The lowest BCUT2D eigenvalue weighted by Gasteiger charge is -2.18. The molecule has 2 heterocycles. The summed E-state index contributed by atoms with van der Waals surface area (Å²) < 4.78 is 0. The van der Waals surface area contributed by atoms with Gasteiger partial charge in [-0.2, -0.15) is 0 Å². The highest BCUT2D eigenvalue weighted by Crippen LogP contribution is 2.34. The largest absolute Gasteiger partial charge is 0.372 e. The van der Waals surface area contributed by atoms with Crippen molar-refractivity contribution in [2.45, 2.75) is 33.2 Å². The van der Waals surface area contributed by atoms with Crippen molar-refractivity contribution in [1.82, 2.24) is 4.90 Å². The van der Waals surface area contributed by atoms with Crippen molar-refractivity contribution in [3.8, 4) is 0 Å². The number of hydrogen-bond acceptors (Lipinski definition) is 4. The van der Waals surface area contributed by atoms with Crippen LogP contribution in [0.25, 0.3) is 6.08 Å². The van der Waals surface area contributed by atoms with Crippen molar-refractivity contribution in [3.63, 3.8) is 0 Å². The van der Waals surface area contributed by atoms with Gasteiger partial charge in [0.25, 0.3) is 11.1 Å². The Morgan fingerprint density at radius 1 is 1.00 bits per heavy atom. The second kappa shape index (κ2) is 7.84. The van der Waals surface area contributed by atoms with Crippen molar-refractivity contribution in [3.05, 3.63) is 69.6 Å². The lowest BCUT2D eigenvalue weighted by atomic mass is 10.1. The van der Waals surface area contributed by atoms with E-state index in [2.05, 4.69) is 30.0 Å². The molecule has 28 heavy (non-hydrogen) atoms. The number of benzene rings is 2. The minimum Gasteiger partial charge on any atom is -0.372 e. The minimum absolute atomic E-state index is 0.205. The molecule has 0 radical (unpaired) electrons. The molecule has 5 heteroatoms. The number of anilines is 1. The van der Waals surface area contributed by atoms with E-state index in [-0.39, 0.29) is 11.1 Å². The molecule has 0 N–H and O–H groups in total. The molecule has 2 aromatic rings. The summed E-state index contributed by atoms with van der Waals surface area (Å²) in [6, 6.07) is 14.3. The Hall–Kier alpha value is -2.53. The molecule has 0 bridgehead atoms. The van der Waals surface area contributed by atoms with Crippen LogP contribution in [0.5, 0.6) is 0 Å². The molecule has 2 aliphatic rings. The Labute approximate surface area is 170 Å². The number of carbonyl (C=O) groups is 2. The molecule has 144 valence electrons. The first-order chi connectivity index (χ1) is 13.5. The van der Waals surface area contributed by atoms with E-state index in [9.17, 15) is 9.59 Å². The number of amides is 2. The summed E-state index contributed by atoms with van der Waals surface area (Å²) in [5.74, 6) is -0.210. The van der Waals surface area contributed by atoms with E-state index in [0.29, 0.717) is 11.4 Å². The lowest BCUT2D eigenvalue weighted by molar-refractivity contribution is -0.123. The maximum atomic E-state index is 12.8. The van der Waals surface area contributed by atoms with Crippen molar-refractivity contribution >= 4 is 34.7 Å². The van der Waals surface area contributed by atoms with Crippen LogP contribution >= 0.6 is 11.8 Å². The third kappa shape index (κ3) is 3.85. The number of rotatable bonds is 4. The van der Waals surface area contributed by atoms with Crippen LogP contribution in [0.4, 0.5) is 10.5 Å². The first kappa shape index (κ1) is 18.8. The van der Waals surface area contributed by atoms with Gasteiger partial charge < -0.3 is 4.90 Å². The summed E-state index contributed by atoms with van der Waals surface area (Å²) in [4.78, 5) is 29.4. The number of imide groups is 1. The monoisotopic (exact) mass is 392 g/mol. The highest BCUT2D eigenvalue weighted by atomic mass is 32.2. The van der Waals surface area contributed by atoms with Gasteiger partial charge in [-0.25, -0.2) is 0 Å². The van der Waals surface area contributed by atoms with Crippen LogP contribution in [0.1, 0.15) is 35.1 Å². The highest BCUT2D eigenvalue weighted by molar-refractivity contribution is 8.18. The molecule has 2 aliphatic heterocycles.